The van der Waals surface area contributed by atoms with Crippen molar-refractivity contribution in [3.05, 3.63) is 94.0 Å². The molecule has 39 heavy (non-hydrogen) atoms. The summed E-state index contributed by atoms with van der Waals surface area (Å²) in [5, 5.41) is 3.92. The fourth-order valence-electron chi connectivity index (χ4n) is 4.14. The SMILES string of the molecule is CCCCNC(=O)C(Cc1ccccc1)N(Cc1c(Cl)cccc1Cl)C(=O)CCCOc1ccc(OC)cc1. The summed E-state index contributed by atoms with van der Waals surface area (Å²) in [6.45, 7) is 3.09. The summed E-state index contributed by atoms with van der Waals surface area (Å²) in [6.07, 6.45) is 2.86. The molecule has 2 amide bonds. The van der Waals surface area contributed by atoms with E-state index in [0.717, 1.165) is 24.2 Å². The van der Waals surface area contributed by atoms with Crippen LogP contribution >= 0.6 is 23.2 Å². The molecule has 8 heteroatoms. The van der Waals surface area contributed by atoms with E-state index in [2.05, 4.69) is 12.2 Å². The molecule has 6 nitrogen and oxygen atoms in total. The van der Waals surface area contributed by atoms with E-state index in [1.807, 2.05) is 54.6 Å². The van der Waals surface area contributed by atoms with Gasteiger partial charge < -0.3 is 19.7 Å². The Morgan fingerprint density at radius 1 is 0.897 bits per heavy atom. The Hall–Kier alpha value is -3.22. The molecule has 0 aliphatic heterocycles. The van der Waals surface area contributed by atoms with Gasteiger partial charge in [-0.15, -0.1) is 0 Å². The van der Waals surface area contributed by atoms with Gasteiger partial charge >= 0.3 is 0 Å². The number of carbonyl (C=O) groups excluding carboxylic acids is 2. The van der Waals surface area contributed by atoms with Gasteiger partial charge in [0.05, 0.1) is 13.7 Å². The first-order valence-electron chi connectivity index (χ1n) is 13.2. The lowest BCUT2D eigenvalue weighted by Gasteiger charge is -2.32. The highest BCUT2D eigenvalue weighted by atomic mass is 35.5. The molecule has 0 bridgehead atoms. The van der Waals surface area contributed by atoms with Crippen molar-refractivity contribution in [1.82, 2.24) is 10.2 Å². The van der Waals surface area contributed by atoms with Crippen LogP contribution in [0.5, 0.6) is 11.5 Å². The number of rotatable bonds is 15. The number of nitrogens with one attached hydrogen (secondary N) is 1. The van der Waals surface area contributed by atoms with Crippen molar-refractivity contribution in [2.75, 3.05) is 20.3 Å². The summed E-state index contributed by atoms with van der Waals surface area (Å²) in [5.41, 5.74) is 1.57. The Morgan fingerprint density at radius 3 is 2.21 bits per heavy atom. The summed E-state index contributed by atoms with van der Waals surface area (Å²) in [6, 6.07) is 21.5. The number of methoxy groups -OCH3 is 1. The molecule has 0 spiro atoms. The van der Waals surface area contributed by atoms with Gasteiger partial charge in [0.25, 0.3) is 0 Å². The first-order valence-corrected chi connectivity index (χ1v) is 14.0. The Balaban J connectivity index is 1.80. The highest BCUT2D eigenvalue weighted by Crippen LogP contribution is 2.28. The number of amides is 2. The van der Waals surface area contributed by atoms with Crippen molar-refractivity contribution in [2.45, 2.75) is 51.6 Å². The van der Waals surface area contributed by atoms with Crippen LogP contribution in [0.2, 0.25) is 10.0 Å². The van der Waals surface area contributed by atoms with Crippen LogP contribution in [0.25, 0.3) is 0 Å². The summed E-state index contributed by atoms with van der Waals surface area (Å²) >= 11 is 13.0. The van der Waals surface area contributed by atoms with Gasteiger partial charge in [-0.1, -0.05) is 72.9 Å². The number of hydrogen-bond acceptors (Lipinski definition) is 4. The van der Waals surface area contributed by atoms with Crippen LogP contribution < -0.4 is 14.8 Å². The highest BCUT2D eigenvalue weighted by Gasteiger charge is 2.31. The largest absolute Gasteiger partial charge is 0.497 e. The van der Waals surface area contributed by atoms with Gasteiger partial charge in [0, 0.05) is 41.5 Å². The van der Waals surface area contributed by atoms with Crippen molar-refractivity contribution in [2.24, 2.45) is 0 Å². The topological polar surface area (TPSA) is 67.9 Å². The van der Waals surface area contributed by atoms with E-state index in [1.165, 1.54) is 0 Å². The van der Waals surface area contributed by atoms with Crippen molar-refractivity contribution >= 4 is 35.0 Å². The van der Waals surface area contributed by atoms with Crippen molar-refractivity contribution in [3.8, 4) is 11.5 Å². The molecule has 0 aliphatic carbocycles. The predicted octanol–water partition coefficient (Wildman–Crippen LogP) is 6.72. The predicted molar refractivity (Wildman–Crippen MR) is 157 cm³/mol. The smallest absolute Gasteiger partial charge is 0.243 e. The molecule has 1 unspecified atom stereocenters. The Morgan fingerprint density at radius 2 is 1.56 bits per heavy atom. The molecule has 1 atom stereocenters. The highest BCUT2D eigenvalue weighted by molar-refractivity contribution is 6.36. The molecule has 3 rings (SSSR count). The van der Waals surface area contributed by atoms with Gasteiger partial charge in [-0.3, -0.25) is 9.59 Å². The second-order valence-electron chi connectivity index (χ2n) is 9.20. The number of nitrogens with zero attached hydrogens (tertiary/aromatic N) is 1. The first kappa shape index (κ1) is 30.3. The Kier molecular flexibility index (Phi) is 12.5. The molecule has 0 saturated heterocycles. The van der Waals surface area contributed by atoms with E-state index in [-0.39, 0.29) is 24.8 Å². The summed E-state index contributed by atoms with van der Waals surface area (Å²) in [4.78, 5) is 28.8. The van der Waals surface area contributed by atoms with E-state index in [9.17, 15) is 9.59 Å². The molecule has 0 radical (unpaired) electrons. The molecular weight excluding hydrogens is 535 g/mol. The van der Waals surface area contributed by atoms with Crippen molar-refractivity contribution in [1.29, 1.82) is 0 Å². The van der Waals surface area contributed by atoms with E-state index in [4.69, 9.17) is 32.7 Å². The summed E-state index contributed by atoms with van der Waals surface area (Å²) < 4.78 is 11.0. The van der Waals surface area contributed by atoms with E-state index in [0.29, 0.717) is 47.4 Å². The van der Waals surface area contributed by atoms with Crippen LogP contribution in [-0.2, 0) is 22.6 Å². The molecule has 0 saturated carbocycles. The minimum Gasteiger partial charge on any atom is -0.497 e. The van der Waals surface area contributed by atoms with E-state index >= 15 is 0 Å². The minimum absolute atomic E-state index is 0.120. The van der Waals surface area contributed by atoms with Gasteiger partial charge in [0.1, 0.15) is 17.5 Å². The Bertz CT molecular complexity index is 1170. The lowest BCUT2D eigenvalue weighted by atomic mass is 10.0. The number of halogens is 2. The van der Waals surface area contributed by atoms with Gasteiger partial charge in [0.15, 0.2) is 0 Å². The zero-order valence-electron chi connectivity index (χ0n) is 22.5. The fourth-order valence-corrected chi connectivity index (χ4v) is 4.66. The first-order chi connectivity index (χ1) is 18.9. The monoisotopic (exact) mass is 570 g/mol. The third kappa shape index (κ3) is 9.48. The normalized spacial score (nSPS) is 11.5. The van der Waals surface area contributed by atoms with Gasteiger partial charge in [-0.2, -0.15) is 0 Å². The number of carbonyl (C=O) groups is 2. The molecule has 0 aromatic heterocycles. The summed E-state index contributed by atoms with van der Waals surface area (Å²) in [5.74, 6) is 1.07. The van der Waals surface area contributed by atoms with Crippen LogP contribution in [-0.4, -0.2) is 43.0 Å². The third-order valence-corrected chi connectivity index (χ3v) is 7.06. The molecule has 0 fully saturated rings. The molecule has 3 aromatic rings. The lowest BCUT2D eigenvalue weighted by molar-refractivity contribution is -0.141. The van der Waals surface area contributed by atoms with E-state index < -0.39 is 6.04 Å². The van der Waals surface area contributed by atoms with Crippen molar-refractivity contribution < 1.29 is 19.1 Å². The van der Waals surface area contributed by atoms with Crippen LogP contribution in [0.4, 0.5) is 0 Å². The van der Waals surface area contributed by atoms with Gasteiger partial charge in [0.2, 0.25) is 11.8 Å². The van der Waals surface area contributed by atoms with E-state index in [1.54, 1.807) is 30.2 Å². The summed E-state index contributed by atoms with van der Waals surface area (Å²) in [7, 11) is 1.61. The van der Waals surface area contributed by atoms with Crippen LogP contribution in [0.3, 0.4) is 0 Å². The molecule has 208 valence electrons. The zero-order valence-corrected chi connectivity index (χ0v) is 24.0. The maximum absolute atomic E-state index is 13.7. The number of benzene rings is 3. The zero-order chi connectivity index (χ0) is 28.0. The molecule has 0 heterocycles. The van der Waals surface area contributed by atoms with Crippen LogP contribution in [0.1, 0.15) is 43.7 Å². The minimum atomic E-state index is -0.730. The maximum Gasteiger partial charge on any atom is 0.243 e. The number of unbranched alkanes of at least 4 members (excludes halogenated alkanes) is 1. The number of hydrogen-bond donors (Lipinski definition) is 1. The van der Waals surface area contributed by atoms with Gasteiger partial charge in [-0.05, 0) is 54.8 Å². The third-order valence-electron chi connectivity index (χ3n) is 6.35. The Labute approximate surface area is 241 Å². The van der Waals surface area contributed by atoms with Crippen LogP contribution in [0.15, 0.2) is 72.8 Å². The molecule has 1 N–H and O–H groups in total. The molecule has 3 aromatic carbocycles. The quantitative estimate of drug-likeness (QED) is 0.206. The van der Waals surface area contributed by atoms with Crippen molar-refractivity contribution in [3.63, 3.8) is 0 Å². The second-order valence-corrected chi connectivity index (χ2v) is 10.0. The lowest BCUT2D eigenvalue weighted by Crippen LogP contribution is -2.50. The number of ether oxygens (including phenoxy) is 2. The van der Waals surface area contributed by atoms with Crippen LogP contribution in [0, 0.1) is 0 Å². The average molecular weight is 572 g/mol. The fraction of sp³-hybridized carbons (Fsp3) is 0.355. The molecular formula is C31H36Cl2N2O4. The van der Waals surface area contributed by atoms with Gasteiger partial charge in [-0.25, -0.2) is 0 Å². The second kappa shape index (κ2) is 16.0. The average Bonchev–Trinajstić information content (AvgIpc) is 2.95. The molecule has 0 aliphatic rings. The maximum atomic E-state index is 13.7. The standard InChI is InChI=1S/C31H36Cl2N2O4/c1-3-4-19-34-31(37)29(21-23-10-6-5-7-11-23)35(22-26-27(32)12-8-13-28(26)33)30(36)14-9-20-39-25-17-15-24(38-2)16-18-25/h5-8,10-13,15-18,29H,3-4,9,14,19-22H2,1-2H3,(H,34,37).